The van der Waals surface area contributed by atoms with Gasteiger partial charge in [0.05, 0.1) is 24.7 Å². The molecule has 0 aromatic heterocycles. The minimum Gasteiger partial charge on any atom is -0.435 e. The van der Waals surface area contributed by atoms with Crippen molar-refractivity contribution in [3.8, 4) is 5.75 Å². The average molecular weight is 381 g/mol. The van der Waals surface area contributed by atoms with Crippen molar-refractivity contribution in [1.82, 2.24) is 5.32 Å². The lowest BCUT2D eigenvalue weighted by Crippen LogP contribution is -2.40. The molecule has 1 unspecified atom stereocenters. The van der Waals surface area contributed by atoms with Crippen LogP contribution in [0.1, 0.15) is 38.8 Å². The molecule has 0 saturated carbocycles. The van der Waals surface area contributed by atoms with Crippen LogP contribution >= 0.6 is 0 Å². The molecule has 0 fully saturated rings. The number of hydrogen-bond acceptors (Lipinski definition) is 4. The zero-order chi connectivity index (χ0) is 19.9. The van der Waals surface area contributed by atoms with Gasteiger partial charge in [0.1, 0.15) is 5.75 Å². The summed E-state index contributed by atoms with van der Waals surface area (Å²) >= 11 is 0. The first kappa shape index (κ1) is 22.2. The third kappa shape index (κ3) is 7.57. The van der Waals surface area contributed by atoms with Gasteiger partial charge in [-0.15, -0.1) is 0 Å². The van der Waals surface area contributed by atoms with E-state index in [0.29, 0.717) is 0 Å². The monoisotopic (exact) mass is 381 g/mol. The molecule has 0 spiro atoms. The molecule has 1 rings (SSSR count). The van der Waals surface area contributed by atoms with Gasteiger partial charge in [-0.25, -0.2) is 0 Å². The van der Waals surface area contributed by atoms with E-state index in [1.807, 2.05) is 0 Å². The number of aliphatic hydroxyl groups is 1. The standard InChI is InChI=1S/C17H23F4NO4/c1-10(2)17(3,24)8-14(23)22-13(9-25-15(18)19)11-5-4-6-12(7-11)26-16(20)21/h4-7,10,13,15-16,24H,8-9H2,1-3H3,(H,22,23)/t13-,17?/m0/s1. The predicted molar refractivity (Wildman–Crippen MR) is 86.0 cm³/mol. The molecule has 0 radical (unpaired) electrons. The van der Waals surface area contributed by atoms with Crippen LogP contribution in [0.25, 0.3) is 0 Å². The zero-order valence-corrected chi connectivity index (χ0v) is 14.7. The van der Waals surface area contributed by atoms with Crippen LogP contribution in [0.2, 0.25) is 0 Å². The number of carbonyl (C=O) groups excluding carboxylic acids is 1. The number of amides is 1. The molecule has 0 heterocycles. The SMILES string of the molecule is CC(C)C(C)(O)CC(=O)N[C@@H](COC(F)F)c1cccc(OC(F)F)c1. The highest BCUT2D eigenvalue weighted by Crippen LogP contribution is 2.24. The summed E-state index contributed by atoms with van der Waals surface area (Å²) in [5, 5.41) is 12.7. The molecule has 26 heavy (non-hydrogen) atoms. The maximum atomic E-state index is 12.4. The fraction of sp³-hybridized carbons (Fsp3) is 0.588. The van der Waals surface area contributed by atoms with Crippen molar-refractivity contribution >= 4 is 5.91 Å². The van der Waals surface area contributed by atoms with E-state index in [9.17, 15) is 27.5 Å². The van der Waals surface area contributed by atoms with Gasteiger partial charge < -0.3 is 19.9 Å². The molecule has 1 amide bonds. The molecule has 2 atom stereocenters. The maximum Gasteiger partial charge on any atom is 0.387 e. The normalized spacial score (nSPS) is 15.2. The highest BCUT2D eigenvalue weighted by Gasteiger charge is 2.29. The number of halogens is 4. The van der Waals surface area contributed by atoms with Crippen LogP contribution in [0, 0.1) is 5.92 Å². The third-order valence-corrected chi connectivity index (χ3v) is 3.97. The molecule has 1 aromatic carbocycles. The van der Waals surface area contributed by atoms with Gasteiger partial charge in [-0.1, -0.05) is 26.0 Å². The Morgan fingerprint density at radius 1 is 1.23 bits per heavy atom. The second-order valence-electron chi connectivity index (χ2n) is 6.35. The average Bonchev–Trinajstić information content (AvgIpc) is 2.50. The lowest BCUT2D eigenvalue weighted by molar-refractivity contribution is -0.141. The Hall–Kier alpha value is -1.87. The number of nitrogens with one attached hydrogen (secondary N) is 1. The van der Waals surface area contributed by atoms with Gasteiger partial charge in [0.2, 0.25) is 5.91 Å². The van der Waals surface area contributed by atoms with Crippen LogP contribution in [0.3, 0.4) is 0 Å². The van der Waals surface area contributed by atoms with E-state index in [0.717, 1.165) is 0 Å². The van der Waals surface area contributed by atoms with E-state index in [2.05, 4.69) is 14.8 Å². The number of benzene rings is 1. The van der Waals surface area contributed by atoms with Crippen LogP contribution in [0.4, 0.5) is 17.6 Å². The van der Waals surface area contributed by atoms with E-state index >= 15 is 0 Å². The van der Waals surface area contributed by atoms with Gasteiger partial charge >= 0.3 is 13.2 Å². The predicted octanol–water partition coefficient (Wildman–Crippen LogP) is 3.48. The van der Waals surface area contributed by atoms with Gasteiger partial charge in [-0.2, -0.15) is 17.6 Å². The van der Waals surface area contributed by atoms with Crippen molar-refractivity contribution < 1.29 is 36.9 Å². The first-order valence-corrected chi connectivity index (χ1v) is 7.97. The first-order chi connectivity index (χ1) is 12.0. The lowest BCUT2D eigenvalue weighted by Gasteiger charge is -2.28. The van der Waals surface area contributed by atoms with Crippen molar-refractivity contribution in [2.24, 2.45) is 5.92 Å². The second-order valence-corrected chi connectivity index (χ2v) is 6.35. The summed E-state index contributed by atoms with van der Waals surface area (Å²) in [7, 11) is 0. The highest BCUT2D eigenvalue weighted by molar-refractivity contribution is 5.77. The van der Waals surface area contributed by atoms with E-state index in [1.54, 1.807) is 13.8 Å². The lowest BCUT2D eigenvalue weighted by atomic mass is 9.89. The van der Waals surface area contributed by atoms with Gasteiger partial charge in [0.25, 0.3) is 0 Å². The molecule has 0 saturated heterocycles. The van der Waals surface area contributed by atoms with Crippen LogP contribution in [0.5, 0.6) is 5.75 Å². The molecule has 5 nitrogen and oxygen atoms in total. The van der Waals surface area contributed by atoms with E-state index in [1.165, 1.54) is 31.2 Å². The molecule has 0 bridgehead atoms. The summed E-state index contributed by atoms with van der Waals surface area (Å²) in [5.41, 5.74) is -1.04. The number of ether oxygens (including phenoxy) is 2. The Labute approximate surface area is 149 Å². The molecule has 1 aromatic rings. The van der Waals surface area contributed by atoms with Crippen LogP contribution < -0.4 is 10.1 Å². The summed E-state index contributed by atoms with van der Waals surface area (Å²) < 4.78 is 58.0. The molecule has 9 heteroatoms. The van der Waals surface area contributed by atoms with E-state index < -0.39 is 37.4 Å². The number of hydrogen-bond donors (Lipinski definition) is 2. The number of carbonyl (C=O) groups is 1. The summed E-state index contributed by atoms with van der Waals surface area (Å²) in [4.78, 5) is 12.2. The Morgan fingerprint density at radius 2 is 1.88 bits per heavy atom. The molecule has 0 aliphatic carbocycles. The van der Waals surface area contributed by atoms with Crippen LogP contribution in [-0.4, -0.2) is 36.4 Å². The Bertz CT molecular complexity index is 582. The van der Waals surface area contributed by atoms with Crippen LogP contribution in [-0.2, 0) is 9.53 Å². The smallest absolute Gasteiger partial charge is 0.387 e. The van der Waals surface area contributed by atoms with E-state index in [4.69, 9.17) is 0 Å². The summed E-state index contributed by atoms with van der Waals surface area (Å²) in [6.07, 6.45) is -0.261. The van der Waals surface area contributed by atoms with Crippen molar-refractivity contribution in [2.75, 3.05) is 6.61 Å². The molecular formula is C17H23F4NO4. The summed E-state index contributed by atoms with van der Waals surface area (Å²) in [5.74, 6) is -0.985. The first-order valence-electron chi connectivity index (χ1n) is 7.97. The Kier molecular flexibility index (Phi) is 8.29. The third-order valence-electron chi connectivity index (χ3n) is 3.97. The Balaban J connectivity index is 2.93. The quantitative estimate of drug-likeness (QED) is 0.609. The largest absolute Gasteiger partial charge is 0.435 e. The second kappa shape index (κ2) is 9.72. The van der Waals surface area contributed by atoms with Crippen molar-refractivity contribution in [3.63, 3.8) is 0 Å². The molecule has 0 aliphatic heterocycles. The maximum absolute atomic E-state index is 12.4. The molecule has 2 N–H and O–H groups in total. The fourth-order valence-electron chi connectivity index (χ4n) is 2.07. The van der Waals surface area contributed by atoms with E-state index in [-0.39, 0.29) is 23.7 Å². The Morgan fingerprint density at radius 3 is 2.42 bits per heavy atom. The number of rotatable bonds is 10. The molecule has 0 aliphatic rings. The van der Waals surface area contributed by atoms with Gasteiger partial charge in [-0.3, -0.25) is 4.79 Å². The topological polar surface area (TPSA) is 67.8 Å². The fourth-order valence-corrected chi connectivity index (χ4v) is 2.07. The summed E-state index contributed by atoms with van der Waals surface area (Å²) in [6, 6.07) is 4.29. The minimum absolute atomic E-state index is 0.178. The number of alkyl halides is 4. The van der Waals surface area contributed by atoms with Gasteiger partial charge in [-0.05, 0) is 30.5 Å². The minimum atomic E-state index is -3.06. The molecule has 148 valence electrons. The molecular weight excluding hydrogens is 358 g/mol. The van der Waals surface area contributed by atoms with Gasteiger partial charge in [0, 0.05) is 0 Å². The van der Waals surface area contributed by atoms with Crippen molar-refractivity contribution in [3.05, 3.63) is 29.8 Å². The van der Waals surface area contributed by atoms with Crippen molar-refractivity contribution in [1.29, 1.82) is 0 Å². The van der Waals surface area contributed by atoms with Crippen LogP contribution in [0.15, 0.2) is 24.3 Å². The zero-order valence-electron chi connectivity index (χ0n) is 14.7. The highest BCUT2D eigenvalue weighted by atomic mass is 19.3. The van der Waals surface area contributed by atoms with Crippen molar-refractivity contribution in [2.45, 2.75) is 52.1 Å². The summed E-state index contributed by atoms with van der Waals surface area (Å²) in [6.45, 7) is -1.74. The van der Waals surface area contributed by atoms with Gasteiger partial charge in [0.15, 0.2) is 0 Å².